The number of carbonyl (C=O) groups excluding carboxylic acids is 1. The van der Waals surface area contributed by atoms with Crippen molar-refractivity contribution in [3.05, 3.63) is 64.8 Å². The Morgan fingerprint density at radius 3 is 2.53 bits per heavy atom. The van der Waals surface area contributed by atoms with Crippen molar-refractivity contribution in [1.82, 2.24) is 9.29 Å². The molecule has 2 heterocycles. The molecule has 0 saturated carbocycles. The molecule has 1 aliphatic heterocycles. The second-order valence-electron chi connectivity index (χ2n) is 8.78. The van der Waals surface area contributed by atoms with E-state index in [1.807, 2.05) is 69.5 Å². The monoisotopic (exact) mass is 426 g/mol. The number of nitrogens with zero attached hydrogens (tertiary/aromatic N) is 1. The molecule has 0 spiro atoms. The lowest BCUT2D eigenvalue weighted by Gasteiger charge is -2.20. The number of ether oxygens (including phenoxy) is 1. The van der Waals surface area contributed by atoms with Gasteiger partial charge in [-0.3, -0.25) is 4.79 Å². The van der Waals surface area contributed by atoms with Gasteiger partial charge in [-0.05, 0) is 58.4 Å². The second kappa shape index (κ2) is 6.96. The smallest absolute Gasteiger partial charge is 0.326 e. The Hall–Kier alpha value is -2.64. The molecule has 7 heteroatoms. The van der Waals surface area contributed by atoms with Crippen LogP contribution in [0.1, 0.15) is 49.2 Å². The lowest BCUT2D eigenvalue weighted by molar-refractivity contribution is -0.155. The summed E-state index contributed by atoms with van der Waals surface area (Å²) in [5.41, 5.74) is 3.79. The van der Waals surface area contributed by atoms with Gasteiger partial charge in [-0.2, -0.15) is 4.72 Å². The second-order valence-corrected chi connectivity index (χ2v) is 10.5. The van der Waals surface area contributed by atoms with Crippen molar-refractivity contribution in [2.24, 2.45) is 0 Å². The van der Waals surface area contributed by atoms with Crippen molar-refractivity contribution in [1.29, 1.82) is 0 Å². The molecule has 2 aromatic carbocycles. The summed E-state index contributed by atoms with van der Waals surface area (Å²) in [7, 11) is -3.59. The Morgan fingerprint density at radius 2 is 1.83 bits per heavy atom. The first-order valence-corrected chi connectivity index (χ1v) is 11.4. The first-order valence-electron chi connectivity index (χ1n) is 9.90. The molecule has 158 valence electrons. The van der Waals surface area contributed by atoms with Gasteiger partial charge in [-0.1, -0.05) is 29.8 Å². The maximum Gasteiger partial charge on any atom is 0.326 e. The molecule has 1 aromatic heterocycles. The highest BCUT2D eigenvalue weighted by Crippen LogP contribution is 2.41. The van der Waals surface area contributed by atoms with E-state index in [0.29, 0.717) is 4.90 Å². The standard InChI is InChI=1S/C23H26N2O4S/c1-14-10-11-18-17(12-14)21(15(2)25(18)13-20(26)29-23(3,4)5)22-16-8-6-7-9-19(16)30(27,28)24-22/h6-12,22,24H,13H2,1-5H3. The molecule has 6 nitrogen and oxygen atoms in total. The van der Waals surface area contributed by atoms with Crippen LogP contribution in [0.3, 0.4) is 0 Å². The predicted molar refractivity (Wildman–Crippen MR) is 116 cm³/mol. The summed E-state index contributed by atoms with van der Waals surface area (Å²) in [5.74, 6) is -0.331. The van der Waals surface area contributed by atoms with Gasteiger partial charge in [0.05, 0.1) is 10.9 Å². The minimum atomic E-state index is -3.59. The molecule has 1 unspecified atom stereocenters. The van der Waals surface area contributed by atoms with Crippen LogP contribution in [-0.4, -0.2) is 24.6 Å². The maximum atomic E-state index is 12.7. The molecule has 0 amide bonds. The van der Waals surface area contributed by atoms with Crippen LogP contribution in [0.4, 0.5) is 0 Å². The van der Waals surface area contributed by atoms with Crippen LogP contribution in [-0.2, 0) is 26.1 Å². The van der Waals surface area contributed by atoms with E-state index in [2.05, 4.69) is 4.72 Å². The van der Waals surface area contributed by atoms with Gasteiger partial charge < -0.3 is 9.30 Å². The van der Waals surface area contributed by atoms with Crippen LogP contribution in [0.2, 0.25) is 0 Å². The van der Waals surface area contributed by atoms with Gasteiger partial charge in [0.2, 0.25) is 10.0 Å². The maximum absolute atomic E-state index is 12.7. The number of aryl methyl sites for hydroxylation is 1. The van der Waals surface area contributed by atoms with E-state index in [1.165, 1.54) is 0 Å². The fourth-order valence-corrected chi connectivity index (χ4v) is 5.59. The fourth-order valence-electron chi connectivity index (χ4n) is 4.15. The summed E-state index contributed by atoms with van der Waals surface area (Å²) in [6.07, 6.45) is 0. The SMILES string of the molecule is Cc1ccc2c(c1)c(C1NS(=O)(=O)c3ccccc31)c(C)n2CC(=O)OC(C)(C)C. The van der Waals surface area contributed by atoms with Gasteiger partial charge in [-0.15, -0.1) is 0 Å². The Labute approximate surface area is 176 Å². The Kier molecular flexibility index (Phi) is 4.78. The Bertz CT molecular complexity index is 1270. The van der Waals surface area contributed by atoms with E-state index >= 15 is 0 Å². The summed E-state index contributed by atoms with van der Waals surface area (Å²) < 4.78 is 35.6. The minimum Gasteiger partial charge on any atom is -0.459 e. The average molecular weight is 427 g/mol. The van der Waals surface area contributed by atoms with Crippen LogP contribution in [0.25, 0.3) is 10.9 Å². The summed E-state index contributed by atoms with van der Waals surface area (Å²) in [6.45, 7) is 9.49. The van der Waals surface area contributed by atoms with E-state index in [-0.39, 0.29) is 12.5 Å². The number of fused-ring (bicyclic) bond motifs is 2. The molecule has 0 saturated heterocycles. The van der Waals surface area contributed by atoms with Gasteiger partial charge in [0, 0.05) is 22.2 Å². The van der Waals surface area contributed by atoms with Crippen molar-refractivity contribution in [3.8, 4) is 0 Å². The van der Waals surface area contributed by atoms with Crippen LogP contribution in [0, 0.1) is 13.8 Å². The number of nitrogens with one attached hydrogen (secondary N) is 1. The van der Waals surface area contributed by atoms with Crippen molar-refractivity contribution >= 4 is 26.9 Å². The predicted octanol–water partition coefficient (Wildman–Crippen LogP) is 3.98. The minimum absolute atomic E-state index is 0.0593. The van der Waals surface area contributed by atoms with E-state index in [4.69, 9.17) is 4.74 Å². The highest BCUT2D eigenvalue weighted by atomic mass is 32.2. The topological polar surface area (TPSA) is 77.4 Å². The average Bonchev–Trinajstić information content (AvgIpc) is 3.04. The van der Waals surface area contributed by atoms with Crippen molar-refractivity contribution in [2.75, 3.05) is 0 Å². The molecule has 1 N–H and O–H groups in total. The van der Waals surface area contributed by atoms with Gasteiger partial charge in [-0.25, -0.2) is 8.42 Å². The first-order chi connectivity index (χ1) is 14.0. The van der Waals surface area contributed by atoms with Gasteiger partial charge >= 0.3 is 5.97 Å². The van der Waals surface area contributed by atoms with Crippen LogP contribution in [0.5, 0.6) is 0 Å². The van der Waals surface area contributed by atoms with Gasteiger partial charge in [0.15, 0.2) is 0 Å². The molecule has 0 bridgehead atoms. The van der Waals surface area contributed by atoms with Gasteiger partial charge in [0.25, 0.3) is 0 Å². The summed E-state index contributed by atoms with van der Waals surface area (Å²) in [6, 6.07) is 12.5. The first kappa shape index (κ1) is 20.6. The molecular weight excluding hydrogens is 400 g/mol. The van der Waals surface area contributed by atoms with Crippen molar-refractivity contribution in [2.45, 2.75) is 57.7 Å². The third kappa shape index (κ3) is 3.52. The van der Waals surface area contributed by atoms with Crippen LogP contribution < -0.4 is 4.72 Å². The quantitative estimate of drug-likeness (QED) is 0.643. The van der Waals surface area contributed by atoms with Crippen LogP contribution >= 0.6 is 0 Å². The number of benzene rings is 2. The van der Waals surface area contributed by atoms with E-state index < -0.39 is 21.7 Å². The largest absolute Gasteiger partial charge is 0.459 e. The van der Waals surface area contributed by atoms with E-state index in [0.717, 1.165) is 33.3 Å². The number of sulfonamides is 1. The van der Waals surface area contributed by atoms with Crippen molar-refractivity contribution < 1.29 is 17.9 Å². The molecular formula is C23H26N2O4S. The number of carbonyl (C=O) groups is 1. The van der Waals surface area contributed by atoms with E-state index in [9.17, 15) is 13.2 Å². The zero-order valence-electron chi connectivity index (χ0n) is 17.8. The van der Waals surface area contributed by atoms with E-state index in [1.54, 1.807) is 12.1 Å². The third-order valence-electron chi connectivity index (χ3n) is 5.32. The van der Waals surface area contributed by atoms with Gasteiger partial charge in [0.1, 0.15) is 12.1 Å². The third-order valence-corrected chi connectivity index (χ3v) is 6.81. The summed E-state index contributed by atoms with van der Waals surface area (Å²) in [4.78, 5) is 12.9. The molecule has 1 atom stereocenters. The number of aromatic nitrogens is 1. The Balaban J connectivity index is 1.89. The molecule has 4 rings (SSSR count). The van der Waals surface area contributed by atoms with Crippen molar-refractivity contribution in [3.63, 3.8) is 0 Å². The molecule has 0 fully saturated rings. The molecule has 1 aliphatic rings. The number of hydrogen-bond acceptors (Lipinski definition) is 4. The normalized spacial score (nSPS) is 17.8. The Morgan fingerprint density at radius 1 is 1.13 bits per heavy atom. The zero-order chi connectivity index (χ0) is 21.8. The van der Waals surface area contributed by atoms with Crippen LogP contribution in [0.15, 0.2) is 47.4 Å². The molecule has 30 heavy (non-hydrogen) atoms. The summed E-state index contributed by atoms with van der Waals surface area (Å²) in [5, 5.41) is 0.931. The fraction of sp³-hybridized carbons (Fsp3) is 0.348. The highest BCUT2D eigenvalue weighted by molar-refractivity contribution is 7.89. The molecule has 3 aromatic rings. The number of rotatable bonds is 3. The summed E-state index contributed by atoms with van der Waals surface area (Å²) >= 11 is 0. The highest BCUT2D eigenvalue weighted by Gasteiger charge is 2.37. The molecule has 0 aliphatic carbocycles. The lowest BCUT2D eigenvalue weighted by Crippen LogP contribution is -2.27. The molecule has 0 radical (unpaired) electrons. The number of esters is 1. The number of hydrogen-bond donors (Lipinski definition) is 1. The zero-order valence-corrected chi connectivity index (χ0v) is 18.6. The lowest BCUT2D eigenvalue weighted by atomic mass is 9.96.